The van der Waals surface area contributed by atoms with Crippen molar-refractivity contribution in [3.05, 3.63) is 22.6 Å². The smallest absolute Gasteiger partial charge is 0.341 e. The van der Waals surface area contributed by atoms with Crippen molar-refractivity contribution in [3.8, 4) is 0 Å². The van der Waals surface area contributed by atoms with Gasteiger partial charge in [-0.1, -0.05) is 0 Å². The second kappa shape index (κ2) is 4.84. The molecule has 82 valence electrons. The number of methoxy groups -OCH3 is 2. The summed E-state index contributed by atoms with van der Waals surface area (Å²) in [5, 5.41) is 0.0225. The summed E-state index contributed by atoms with van der Waals surface area (Å²) in [6, 6.07) is 1.30. The number of hydrogen-bond donors (Lipinski definition) is 0. The lowest BCUT2D eigenvalue weighted by molar-refractivity contribution is -0.140. The predicted molar refractivity (Wildman–Crippen MR) is 50.8 cm³/mol. The minimum absolute atomic E-state index is 0.0225. The van der Waals surface area contributed by atoms with Gasteiger partial charge in [-0.3, -0.25) is 4.79 Å². The van der Waals surface area contributed by atoms with Gasteiger partial charge >= 0.3 is 11.9 Å². The number of carbonyl (C=O) groups excluding carboxylic acids is 2. The fourth-order valence-corrected chi connectivity index (χ4v) is 1.22. The van der Waals surface area contributed by atoms with Gasteiger partial charge in [-0.05, 0) is 11.6 Å². The largest absolute Gasteiger partial charge is 0.469 e. The van der Waals surface area contributed by atoms with Gasteiger partial charge in [0.05, 0.1) is 14.2 Å². The molecule has 0 aliphatic rings. The molecule has 0 aromatic carbocycles. The first kappa shape index (κ1) is 11.6. The Morgan fingerprint density at radius 1 is 1.40 bits per heavy atom. The van der Waals surface area contributed by atoms with E-state index < -0.39 is 11.9 Å². The topological polar surface area (TPSA) is 65.7 Å². The van der Waals surface area contributed by atoms with Crippen molar-refractivity contribution in [3.63, 3.8) is 0 Å². The Bertz CT molecular complexity index is 382. The van der Waals surface area contributed by atoms with Crippen molar-refractivity contribution >= 4 is 23.5 Å². The first-order chi connectivity index (χ1) is 7.08. The lowest BCUT2D eigenvalue weighted by Gasteiger charge is -1.99. The van der Waals surface area contributed by atoms with E-state index in [1.165, 1.54) is 20.3 Å². The average Bonchev–Trinajstić information content (AvgIpc) is 2.58. The highest BCUT2D eigenvalue weighted by atomic mass is 35.5. The van der Waals surface area contributed by atoms with Crippen LogP contribution >= 0.6 is 11.6 Å². The molecule has 0 aliphatic carbocycles. The third-order valence-electron chi connectivity index (χ3n) is 1.72. The first-order valence-corrected chi connectivity index (χ1v) is 4.39. The first-order valence-electron chi connectivity index (χ1n) is 4.01. The number of hydrogen-bond acceptors (Lipinski definition) is 5. The molecule has 1 heterocycles. The molecule has 0 amide bonds. The molecule has 0 fully saturated rings. The Kier molecular flexibility index (Phi) is 3.74. The molecule has 0 N–H and O–H groups in total. The number of ether oxygens (including phenoxy) is 2. The highest BCUT2D eigenvalue weighted by molar-refractivity contribution is 6.29. The van der Waals surface area contributed by atoms with E-state index in [-0.39, 0.29) is 23.0 Å². The maximum atomic E-state index is 11.2. The molecule has 0 saturated heterocycles. The molecule has 5 nitrogen and oxygen atoms in total. The van der Waals surface area contributed by atoms with E-state index in [1.807, 2.05) is 0 Å². The van der Waals surface area contributed by atoms with Crippen LogP contribution in [0.4, 0.5) is 0 Å². The molecule has 0 aliphatic heterocycles. The minimum atomic E-state index is -0.607. The minimum Gasteiger partial charge on any atom is -0.469 e. The Labute approximate surface area is 90.9 Å². The van der Waals surface area contributed by atoms with E-state index in [1.54, 1.807) is 0 Å². The molecule has 0 bridgehead atoms. The van der Waals surface area contributed by atoms with E-state index in [0.29, 0.717) is 0 Å². The number of furan rings is 1. The molecular weight excluding hydrogens is 224 g/mol. The van der Waals surface area contributed by atoms with Crippen LogP contribution in [0.25, 0.3) is 0 Å². The molecule has 0 spiro atoms. The van der Waals surface area contributed by atoms with Crippen LogP contribution in [0.2, 0.25) is 5.22 Å². The maximum absolute atomic E-state index is 11.2. The van der Waals surface area contributed by atoms with Gasteiger partial charge in [0.15, 0.2) is 5.22 Å². The Balaban J connectivity index is 2.96. The number of carbonyl (C=O) groups is 2. The van der Waals surface area contributed by atoms with Crippen LogP contribution in [-0.4, -0.2) is 26.2 Å². The Hall–Kier alpha value is -1.49. The SMILES string of the molecule is COC(=O)Cc1oc(Cl)cc1C(=O)OC. The van der Waals surface area contributed by atoms with Gasteiger partial charge in [-0.25, -0.2) is 4.79 Å². The second-order valence-electron chi connectivity index (χ2n) is 2.63. The summed E-state index contributed by atoms with van der Waals surface area (Å²) >= 11 is 5.57. The number of halogens is 1. The molecular formula is C9H9ClO5. The molecule has 0 radical (unpaired) electrons. The Morgan fingerprint density at radius 2 is 2.07 bits per heavy atom. The third-order valence-corrected chi connectivity index (χ3v) is 1.90. The van der Waals surface area contributed by atoms with E-state index in [0.717, 1.165) is 0 Å². The maximum Gasteiger partial charge on any atom is 0.341 e. The number of rotatable bonds is 3. The van der Waals surface area contributed by atoms with Gasteiger partial charge in [0.25, 0.3) is 0 Å². The van der Waals surface area contributed by atoms with E-state index in [2.05, 4.69) is 9.47 Å². The zero-order valence-electron chi connectivity index (χ0n) is 8.20. The summed E-state index contributed by atoms with van der Waals surface area (Å²) in [6.07, 6.45) is -0.159. The fraction of sp³-hybridized carbons (Fsp3) is 0.333. The summed E-state index contributed by atoms with van der Waals surface area (Å²) in [7, 11) is 2.47. The van der Waals surface area contributed by atoms with Crippen molar-refractivity contribution in [1.29, 1.82) is 0 Å². The molecule has 15 heavy (non-hydrogen) atoms. The average molecular weight is 233 g/mol. The van der Waals surface area contributed by atoms with Crippen molar-refractivity contribution in [2.45, 2.75) is 6.42 Å². The van der Waals surface area contributed by atoms with Crippen LogP contribution in [-0.2, 0) is 20.7 Å². The summed E-state index contributed by atoms with van der Waals surface area (Å²) in [5.74, 6) is -0.991. The zero-order chi connectivity index (χ0) is 11.4. The van der Waals surface area contributed by atoms with Crippen LogP contribution in [0.15, 0.2) is 10.5 Å². The molecule has 1 aromatic heterocycles. The van der Waals surface area contributed by atoms with Crippen LogP contribution in [0, 0.1) is 0 Å². The highest BCUT2D eigenvalue weighted by Gasteiger charge is 2.20. The van der Waals surface area contributed by atoms with Gasteiger partial charge in [-0.15, -0.1) is 0 Å². The molecule has 1 aromatic rings. The Morgan fingerprint density at radius 3 is 2.60 bits per heavy atom. The van der Waals surface area contributed by atoms with Crippen molar-refractivity contribution in [2.75, 3.05) is 14.2 Å². The van der Waals surface area contributed by atoms with E-state index >= 15 is 0 Å². The van der Waals surface area contributed by atoms with Gasteiger partial charge in [0.1, 0.15) is 17.7 Å². The fourth-order valence-electron chi connectivity index (χ4n) is 1.01. The van der Waals surface area contributed by atoms with Crippen LogP contribution in [0.1, 0.15) is 16.1 Å². The predicted octanol–water partition coefficient (Wildman–Crippen LogP) is 1.44. The van der Waals surface area contributed by atoms with Crippen LogP contribution in [0.5, 0.6) is 0 Å². The van der Waals surface area contributed by atoms with Crippen LogP contribution < -0.4 is 0 Å². The van der Waals surface area contributed by atoms with Gasteiger partial charge < -0.3 is 13.9 Å². The van der Waals surface area contributed by atoms with Gasteiger partial charge in [-0.2, -0.15) is 0 Å². The molecule has 0 saturated carbocycles. The van der Waals surface area contributed by atoms with Crippen molar-refractivity contribution in [1.82, 2.24) is 0 Å². The summed E-state index contributed by atoms with van der Waals surface area (Å²) < 4.78 is 13.9. The lowest BCUT2D eigenvalue weighted by atomic mass is 10.2. The monoisotopic (exact) mass is 232 g/mol. The zero-order valence-corrected chi connectivity index (χ0v) is 8.96. The molecule has 0 atom stereocenters. The van der Waals surface area contributed by atoms with E-state index in [9.17, 15) is 9.59 Å². The van der Waals surface area contributed by atoms with E-state index in [4.69, 9.17) is 16.0 Å². The highest BCUT2D eigenvalue weighted by Crippen LogP contribution is 2.21. The number of esters is 2. The van der Waals surface area contributed by atoms with Crippen LogP contribution in [0.3, 0.4) is 0 Å². The summed E-state index contributed by atoms with van der Waals surface area (Å²) in [5.41, 5.74) is 0.132. The van der Waals surface area contributed by atoms with Crippen molar-refractivity contribution in [2.24, 2.45) is 0 Å². The second-order valence-corrected chi connectivity index (χ2v) is 3.00. The quantitative estimate of drug-likeness (QED) is 0.738. The molecule has 0 unspecified atom stereocenters. The lowest BCUT2D eigenvalue weighted by Crippen LogP contribution is -2.09. The molecule has 6 heteroatoms. The van der Waals surface area contributed by atoms with Gasteiger partial charge in [0.2, 0.25) is 0 Å². The molecule has 1 rings (SSSR count). The van der Waals surface area contributed by atoms with Gasteiger partial charge in [0, 0.05) is 6.07 Å². The third kappa shape index (κ3) is 2.73. The summed E-state index contributed by atoms with van der Waals surface area (Å²) in [4.78, 5) is 22.2. The standard InChI is InChI=1S/C9H9ClO5/c1-13-8(11)4-6-5(9(12)14-2)3-7(10)15-6/h3H,4H2,1-2H3. The normalized spacial score (nSPS) is 9.80. The summed E-state index contributed by atoms with van der Waals surface area (Å²) in [6.45, 7) is 0. The van der Waals surface area contributed by atoms with Crippen molar-refractivity contribution < 1.29 is 23.5 Å².